The lowest BCUT2D eigenvalue weighted by atomic mass is 10.1. The van der Waals surface area contributed by atoms with Gasteiger partial charge in [0.15, 0.2) is 0 Å². The number of esters is 1. The first kappa shape index (κ1) is 19.5. The van der Waals surface area contributed by atoms with Crippen LogP contribution < -0.4 is 0 Å². The molecule has 3 rings (SSSR count). The van der Waals surface area contributed by atoms with Gasteiger partial charge in [0.05, 0.1) is 23.1 Å². The maximum absolute atomic E-state index is 13.1. The van der Waals surface area contributed by atoms with Crippen LogP contribution >= 0.6 is 11.6 Å². The zero-order chi connectivity index (χ0) is 19.4. The Morgan fingerprint density at radius 2 is 1.85 bits per heavy atom. The molecular formula is C20H20ClNO4S. The summed E-state index contributed by atoms with van der Waals surface area (Å²) in [5.41, 5.74) is 1.78. The van der Waals surface area contributed by atoms with Crippen LogP contribution in [-0.4, -0.2) is 31.3 Å². The van der Waals surface area contributed by atoms with Crippen LogP contribution in [0.5, 0.6) is 0 Å². The van der Waals surface area contributed by atoms with Gasteiger partial charge in [-0.15, -0.1) is 11.6 Å². The van der Waals surface area contributed by atoms with E-state index < -0.39 is 16.0 Å². The molecule has 1 aromatic heterocycles. The number of ether oxygens (including phenoxy) is 1. The minimum absolute atomic E-state index is 0.214. The molecule has 27 heavy (non-hydrogen) atoms. The maximum atomic E-state index is 13.1. The predicted octanol–water partition coefficient (Wildman–Crippen LogP) is 4.23. The number of alkyl halides is 1. The molecule has 0 aliphatic rings. The minimum Gasteiger partial charge on any atom is -0.465 e. The van der Waals surface area contributed by atoms with Crippen molar-refractivity contribution in [3.05, 3.63) is 65.9 Å². The molecule has 0 amide bonds. The van der Waals surface area contributed by atoms with Crippen molar-refractivity contribution >= 4 is 38.5 Å². The number of methoxy groups -OCH3 is 1. The number of benzene rings is 2. The second-order valence-corrected chi connectivity index (χ2v) is 8.33. The number of aromatic nitrogens is 1. The largest absolute Gasteiger partial charge is 0.465 e. The van der Waals surface area contributed by atoms with Crippen LogP contribution in [0.3, 0.4) is 0 Å². The summed E-state index contributed by atoms with van der Waals surface area (Å²) in [6.07, 6.45) is 3.97. The first-order valence-corrected chi connectivity index (χ1v) is 10.6. The van der Waals surface area contributed by atoms with Gasteiger partial charge in [0, 0.05) is 17.5 Å². The van der Waals surface area contributed by atoms with Crippen molar-refractivity contribution in [1.82, 2.24) is 3.97 Å². The topological polar surface area (TPSA) is 65.4 Å². The van der Waals surface area contributed by atoms with Crippen LogP contribution in [0.4, 0.5) is 0 Å². The Labute approximate surface area is 163 Å². The molecule has 0 fully saturated rings. The van der Waals surface area contributed by atoms with E-state index in [4.69, 9.17) is 16.3 Å². The van der Waals surface area contributed by atoms with E-state index in [1.807, 2.05) is 0 Å². The van der Waals surface area contributed by atoms with Crippen LogP contribution in [0.15, 0.2) is 59.6 Å². The third-order valence-electron chi connectivity index (χ3n) is 4.40. The second-order valence-electron chi connectivity index (χ2n) is 6.14. The van der Waals surface area contributed by atoms with E-state index in [1.165, 1.54) is 11.1 Å². The Morgan fingerprint density at radius 3 is 2.52 bits per heavy atom. The van der Waals surface area contributed by atoms with Crippen LogP contribution in [0.25, 0.3) is 10.9 Å². The molecule has 1 heterocycles. The number of hydrogen-bond donors (Lipinski definition) is 0. The van der Waals surface area contributed by atoms with Crippen molar-refractivity contribution in [2.75, 3.05) is 13.0 Å². The summed E-state index contributed by atoms with van der Waals surface area (Å²) in [7, 11) is -2.42. The zero-order valence-electron chi connectivity index (χ0n) is 14.9. The van der Waals surface area contributed by atoms with Gasteiger partial charge in [-0.05, 0) is 55.2 Å². The summed E-state index contributed by atoms with van der Waals surface area (Å²) in [5.74, 6) is 0.0937. The number of rotatable bonds is 7. The minimum atomic E-state index is -3.74. The third kappa shape index (κ3) is 3.87. The Balaban J connectivity index is 2.17. The molecule has 2 aromatic carbocycles. The van der Waals surface area contributed by atoms with Crippen molar-refractivity contribution < 1.29 is 17.9 Å². The van der Waals surface area contributed by atoms with Gasteiger partial charge in [0.1, 0.15) is 0 Å². The Hall–Kier alpha value is -2.31. The fourth-order valence-electron chi connectivity index (χ4n) is 3.02. The van der Waals surface area contributed by atoms with E-state index in [0.29, 0.717) is 23.4 Å². The molecule has 0 radical (unpaired) electrons. The Morgan fingerprint density at radius 1 is 1.11 bits per heavy atom. The first-order valence-electron chi connectivity index (χ1n) is 8.58. The molecule has 142 valence electrons. The lowest BCUT2D eigenvalue weighted by Crippen LogP contribution is -2.11. The predicted molar refractivity (Wildman–Crippen MR) is 106 cm³/mol. The van der Waals surface area contributed by atoms with Crippen LogP contribution in [0.1, 0.15) is 28.8 Å². The fourth-order valence-corrected chi connectivity index (χ4v) is 4.63. The average Bonchev–Trinajstić information content (AvgIpc) is 3.07. The molecule has 5 nitrogen and oxygen atoms in total. The van der Waals surface area contributed by atoms with Crippen LogP contribution in [0, 0.1) is 0 Å². The molecule has 0 bridgehead atoms. The summed E-state index contributed by atoms with van der Waals surface area (Å²) >= 11 is 5.77. The van der Waals surface area contributed by atoms with E-state index in [-0.39, 0.29) is 4.90 Å². The van der Waals surface area contributed by atoms with Gasteiger partial charge < -0.3 is 4.74 Å². The lowest BCUT2D eigenvalue weighted by Gasteiger charge is -2.07. The number of nitrogens with zero attached hydrogens (tertiary/aromatic N) is 1. The van der Waals surface area contributed by atoms with Gasteiger partial charge in [-0.25, -0.2) is 17.2 Å². The van der Waals surface area contributed by atoms with E-state index in [2.05, 4.69) is 0 Å². The highest BCUT2D eigenvalue weighted by molar-refractivity contribution is 7.90. The van der Waals surface area contributed by atoms with Crippen molar-refractivity contribution in [3.63, 3.8) is 0 Å². The van der Waals surface area contributed by atoms with Gasteiger partial charge in [0.25, 0.3) is 10.0 Å². The number of carbonyl (C=O) groups is 1. The number of carbonyl (C=O) groups excluding carboxylic acids is 1. The number of aryl methyl sites for hydroxylation is 1. The molecule has 3 aromatic rings. The van der Waals surface area contributed by atoms with E-state index in [9.17, 15) is 13.2 Å². The highest BCUT2D eigenvalue weighted by Crippen LogP contribution is 2.28. The Bertz CT molecular complexity index is 1060. The molecular weight excluding hydrogens is 386 g/mol. The summed E-state index contributed by atoms with van der Waals surface area (Å²) in [6.45, 7) is 0. The molecule has 0 N–H and O–H groups in total. The standard InChI is InChI=1S/C20H20ClNO4S/c1-26-20(23)15-10-11-19-18(13-15)16(7-5-6-12-21)14-22(19)27(24,25)17-8-3-2-4-9-17/h2-4,8-11,13-14H,5-7,12H2,1H3. The van der Waals surface area contributed by atoms with Gasteiger partial charge in [-0.2, -0.15) is 0 Å². The monoisotopic (exact) mass is 405 g/mol. The van der Waals surface area contributed by atoms with Crippen molar-refractivity contribution in [2.24, 2.45) is 0 Å². The van der Waals surface area contributed by atoms with Crippen LogP contribution in [-0.2, 0) is 21.2 Å². The molecule has 0 unspecified atom stereocenters. The summed E-state index contributed by atoms with van der Waals surface area (Å²) in [4.78, 5) is 12.1. The van der Waals surface area contributed by atoms with Gasteiger partial charge in [0.2, 0.25) is 0 Å². The molecule has 0 aliphatic carbocycles. The quantitative estimate of drug-likeness (QED) is 0.335. The Kier molecular flexibility index (Phi) is 5.87. The van der Waals surface area contributed by atoms with E-state index in [0.717, 1.165) is 23.8 Å². The summed E-state index contributed by atoms with van der Waals surface area (Å²) < 4.78 is 32.3. The SMILES string of the molecule is COC(=O)c1ccc2c(c1)c(CCCCCl)cn2S(=O)(=O)c1ccccc1. The number of unbranched alkanes of at least 4 members (excludes halogenated alkanes) is 1. The third-order valence-corrected chi connectivity index (χ3v) is 6.36. The summed E-state index contributed by atoms with van der Waals surface area (Å²) in [5, 5.41) is 0.729. The molecule has 0 saturated carbocycles. The van der Waals surface area contributed by atoms with E-state index in [1.54, 1.807) is 54.7 Å². The summed E-state index contributed by atoms with van der Waals surface area (Å²) in [6, 6.07) is 13.2. The van der Waals surface area contributed by atoms with Gasteiger partial charge in [-0.3, -0.25) is 0 Å². The second kappa shape index (κ2) is 8.15. The molecule has 0 spiro atoms. The normalized spacial score (nSPS) is 11.6. The lowest BCUT2D eigenvalue weighted by molar-refractivity contribution is 0.0601. The number of fused-ring (bicyclic) bond motifs is 1. The zero-order valence-corrected chi connectivity index (χ0v) is 16.5. The number of halogens is 1. The molecule has 0 aliphatic heterocycles. The number of hydrogen-bond acceptors (Lipinski definition) is 4. The van der Waals surface area contributed by atoms with Crippen molar-refractivity contribution in [3.8, 4) is 0 Å². The highest BCUT2D eigenvalue weighted by Gasteiger charge is 2.22. The van der Waals surface area contributed by atoms with Crippen LogP contribution in [0.2, 0.25) is 0 Å². The first-order chi connectivity index (χ1) is 13.0. The molecule has 0 saturated heterocycles. The van der Waals surface area contributed by atoms with E-state index >= 15 is 0 Å². The van der Waals surface area contributed by atoms with Gasteiger partial charge >= 0.3 is 5.97 Å². The maximum Gasteiger partial charge on any atom is 0.337 e. The highest BCUT2D eigenvalue weighted by atomic mass is 35.5. The average molecular weight is 406 g/mol. The molecule has 7 heteroatoms. The molecule has 0 atom stereocenters. The van der Waals surface area contributed by atoms with Crippen molar-refractivity contribution in [2.45, 2.75) is 24.2 Å². The fraction of sp³-hybridized carbons (Fsp3) is 0.250. The van der Waals surface area contributed by atoms with Gasteiger partial charge in [-0.1, -0.05) is 18.2 Å². The smallest absolute Gasteiger partial charge is 0.337 e. The van der Waals surface area contributed by atoms with Crippen molar-refractivity contribution in [1.29, 1.82) is 0 Å².